The molecule has 0 aromatic heterocycles. The van der Waals surface area contributed by atoms with Gasteiger partial charge in [-0.3, -0.25) is 14.5 Å². The Morgan fingerprint density at radius 3 is 2.52 bits per heavy atom. The zero-order valence-corrected chi connectivity index (χ0v) is 18.0. The van der Waals surface area contributed by atoms with Gasteiger partial charge in [-0.2, -0.15) is 0 Å². The standard InChI is InChI=1S/C25H30N4O2/c1-2-6-21(23-20-12-9-18(24(26)30)15-22(20)28-25(23)31)27-19-10-7-17(8-11-19)16-29-13-4-3-5-14-29/h7-12,15,27H,2-6,13-14,16H2,1H3,(H2,26,30)(H,28,31)/b23-21-. The van der Waals surface area contributed by atoms with E-state index in [1.165, 1.54) is 37.9 Å². The van der Waals surface area contributed by atoms with Crippen molar-refractivity contribution >= 4 is 28.8 Å². The summed E-state index contributed by atoms with van der Waals surface area (Å²) in [5.41, 5.74) is 11.0. The predicted octanol–water partition coefficient (Wildman–Crippen LogP) is 4.35. The van der Waals surface area contributed by atoms with E-state index in [1.807, 2.05) is 0 Å². The van der Waals surface area contributed by atoms with Crippen LogP contribution in [0.2, 0.25) is 0 Å². The number of hydrogen-bond acceptors (Lipinski definition) is 4. The summed E-state index contributed by atoms with van der Waals surface area (Å²) in [6.07, 6.45) is 5.57. The van der Waals surface area contributed by atoms with Gasteiger partial charge in [-0.1, -0.05) is 38.0 Å². The van der Waals surface area contributed by atoms with Gasteiger partial charge in [-0.05, 0) is 62.2 Å². The Kier molecular flexibility index (Phi) is 6.37. The Balaban J connectivity index is 1.56. The topological polar surface area (TPSA) is 87.5 Å². The van der Waals surface area contributed by atoms with Crippen LogP contribution in [0.25, 0.3) is 5.57 Å². The monoisotopic (exact) mass is 418 g/mol. The number of amides is 2. The molecule has 0 bridgehead atoms. The second-order valence-electron chi connectivity index (χ2n) is 8.34. The second-order valence-corrected chi connectivity index (χ2v) is 8.34. The summed E-state index contributed by atoms with van der Waals surface area (Å²) in [7, 11) is 0. The summed E-state index contributed by atoms with van der Waals surface area (Å²) < 4.78 is 0. The van der Waals surface area contributed by atoms with Crippen molar-refractivity contribution < 1.29 is 9.59 Å². The van der Waals surface area contributed by atoms with Crippen LogP contribution in [0.4, 0.5) is 11.4 Å². The summed E-state index contributed by atoms with van der Waals surface area (Å²) in [6.45, 7) is 5.44. The van der Waals surface area contributed by atoms with Crippen molar-refractivity contribution in [2.24, 2.45) is 5.73 Å². The minimum absolute atomic E-state index is 0.158. The maximum Gasteiger partial charge on any atom is 0.258 e. The zero-order valence-electron chi connectivity index (χ0n) is 18.0. The number of primary amides is 1. The minimum Gasteiger partial charge on any atom is -0.366 e. The van der Waals surface area contributed by atoms with E-state index in [1.54, 1.807) is 18.2 Å². The number of nitrogens with two attached hydrogens (primary N) is 1. The van der Waals surface area contributed by atoms with Crippen LogP contribution < -0.4 is 16.4 Å². The SMILES string of the molecule is CCC/C(Nc1ccc(CN2CCCCC2)cc1)=C1/C(=O)Nc2cc(C(N)=O)ccc21. The maximum atomic E-state index is 12.8. The van der Waals surface area contributed by atoms with Gasteiger partial charge in [0, 0.05) is 34.7 Å². The van der Waals surface area contributed by atoms with Crippen LogP contribution in [0, 0.1) is 0 Å². The van der Waals surface area contributed by atoms with E-state index in [0.717, 1.165) is 36.3 Å². The van der Waals surface area contributed by atoms with Gasteiger partial charge in [0.1, 0.15) is 0 Å². The molecule has 162 valence electrons. The van der Waals surface area contributed by atoms with Crippen LogP contribution >= 0.6 is 0 Å². The highest BCUT2D eigenvalue weighted by molar-refractivity contribution is 6.32. The summed E-state index contributed by atoms with van der Waals surface area (Å²) in [5, 5.41) is 6.35. The fourth-order valence-corrected chi connectivity index (χ4v) is 4.37. The van der Waals surface area contributed by atoms with E-state index in [-0.39, 0.29) is 5.91 Å². The average Bonchev–Trinajstić information content (AvgIpc) is 3.10. The van der Waals surface area contributed by atoms with Crippen molar-refractivity contribution in [1.82, 2.24) is 4.90 Å². The second kappa shape index (κ2) is 9.35. The molecule has 6 heteroatoms. The zero-order chi connectivity index (χ0) is 21.8. The Bertz CT molecular complexity index is 1000. The number of likely N-dealkylation sites (tertiary alicyclic amines) is 1. The first kappa shape index (κ1) is 21.1. The van der Waals surface area contributed by atoms with E-state index >= 15 is 0 Å². The molecule has 4 N–H and O–H groups in total. The van der Waals surface area contributed by atoms with Gasteiger partial charge < -0.3 is 16.4 Å². The number of anilines is 2. The predicted molar refractivity (Wildman–Crippen MR) is 125 cm³/mol. The van der Waals surface area contributed by atoms with Crippen molar-refractivity contribution in [3.05, 3.63) is 64.9 Å². The minimum atomic E-state index is -0.508. The molecule has 31 heavy (non-hydrogen) atoms. The van der Waals surface area contributed by atoms with Crippen LogP contribution in [-0.2, 0) is 11.3 Å². The molecule has 2 heterocycles. The quantitative estimate of drug-likeness (QED) is 0.584. The Morgan fingerprint density at radius 1 is 1.10 bits per heavy atom. The Morgan fingerprint density at radius 2 is 1.84 bits per heavy atom. The fraction of sp³-hybridized carbons (Fsp3) is 0.360. The number of benzene rings is 2. The van der Waals surface area contributed by atoms with Gasteiger partial charge in [0.05, 0.1) is 5.57 Å². The molecular weight excluding hydrogens is 388 g/mol. The molecule has 0 saturated carbocycles. The van der Waals surface area contributed by atoms with Gasteiger partial charge in [-0.25, -0.2) is 0 Å². The maximum absolute atomic E-state index is 12.8. The highest BCUT2D eigenvalue weighted by Crippen LogP contribution is 2.36. The highest BCUT2D eigenvalue weighted by atomic mass is 16.2. The number of carbonyl (C=O) groups excluding carboxylic acids is 2. The molecule has 2 aliphatic heterocycles. The fourth-order valence-electron chi connectivity index (χ4n) is 4.37. The lowest BCUT2D eigenvalue weighted by molar-refractivity contribution is -0.110. The molecule has 0 spiro atoms. The molecule has 1 fully saturated rings. The van der Waals surface area contributed by atoms with Gasteiger partial charge >= 0.3 is 0 Å². The normalized spacial score (nSPS) is 17.8. The number of fused-ring (bicyclic) bond motifs is 1. The van der Waals surface area contributed by atoms with Gasteiger partial charge in [0.25, 0.3) is 5.91 Å². The summed E-state index contributed by atoms with van der Waals surface area (Å²) in [6, 6.07) is 13.6. The van der Waals surface area contributed by atoms with E-state index in [2.05, 4.69) is 46.7 Å². The molecule has 0 unspecified atom stereocenters. The first-order chi connectivity index (χ1) is 15.0. The molecule has 4 rings (SSSR count). The number of piperidine rings is 1. The number of rotatable bonds is 7. The summed E-state index contributed by atoms with van der Waals surface area (Å²) in [4.78, 5) is 26.8. The third-order valence-corrected chi connectivity index (χ3v) is 5.95. The third kappa shape index (κ3) is 4.80. The van der Waals surface area contributed by atoms with Crippen molar-refractivity contribution in [1.29, 1.82) is 0 Å². The van der Waals surface area contributed by atoms with Crippen LogP contribution in [0.5, 0.6) is 0 Å². The third-order valence-electron chi connectivity index (χ3n) is 5.95. The molecule has 2 aromatic rings. The van der Waals surface area contributed by atoms with Crippen molar-refractivity contribution in [3.8, 4) is 0 Å². The highest BCUT2D eigenvalue weighted by Gasteiger charge is 2.28. The van der Waals surface area contributed by atoms with Crippen LogP contribution in [0.15, 0.2) is 48.2 Å². The lowest BCUT2D eigenvalue weighted by Crippen LogP contribution is -2.29. The number of nitrogens with zero attached hydrogens (tertiary/aromatic N) is 1. The Hall–Kier alpha value is -3.12. The number of allylic oxidation sites excluding steroid dienone is 1. The molecule has 0 radical (unpaired) electrons. The van der Waals surface area contributed by atoms with Crippen molar-refractivity contribution in [3.63, 3.8) is 0 Å². The van der Waals surface area contributed by atoms with Crippen LogP contribution in [0.3, 0.4) is 0 Å². The molecule has 0 aliphatic carbocycles. The number of hydrogen-bond donors (Lipinski definition) is 3. The molecule has 0 atom stereocenters. The van der Waals surface area contributed by atoms with E-state index in [9.17, 15) is 9.59 Å². The molecule has 2 aliphatic rings. The molecule has 2 amide bonds. The molecule has 2 aromatic carbocycles. The van der Waals surface area contributed by atoms with Gasteiger partial charge in [0.15, 0.2) is 0 Å². The smallest absolute Gasteiger partial charge is 0.258 e. The lowest BCUT2D eigenvalue weighted by atomic mass is 10.0. The van der Waals surface area contributed by atoms with E-state index in [0.29, 0.717) is 16.8 Å². The van der Waals surface area contributed by atoms with Crippen LogP contribution in [0.1, 0.15) is 60.5 Å². The summed E-state index contributed by atoms with van der Waals surface area (Å²) in [5.74, 6) is -0.666. The summed E-state index contributed by atoms with van der Waals surface area (Å²) >= 11 is 0. The van der Waals surface area contributed by atoms with Gasteiger partial charge in [-0.15, -0.1) is 0 Å². The molecule has 1 saturated heterocycles. The molecular formula is C25H30N4O2. The Labute approximate surface area is 183 Å². The molecule has 6 nitrogen and oxygen atoms in total. The van der Waals surface area contributed by atoms with Crippen molar-refractivity contribution in [2.75, 3.05) is 23.7 Å². The van der Waals surface area contributed by atoms with E-state index in [4.69, 9.17) is 5.73 Å². The lowest BCUT2D eigenvalue weighted by Gasteiger charge is -2.26. The van der Waals surface area contributed by atoms with E-state index < -0.39 is 5.91 Å². The van der Waals surface area contributed by atoms with Gasteiger partial charge in [0.2, 0.25) is 5.91 Å². The van der Waals surface area contributed by atoms with Crippen molar-refractivity contribution in [2.45, 2.75) is 45.6 Å². The first-order valence-corrected chi connectivity index (χ1v) is 11.1. The first-order valence-electron chi connectivity index (χ1n) is 11.1. The van der Waals surface area contributed by atoms with Crippen LogP contribution in [-0.4, -0.2) is 29.8 Å². The number of carbonyl (C=O) groups is 2. The average molecular weight is 419 g/mol. The largest absolute Gasteiger partial charge is 0.366 e. The number of nitrogens with one attached hydrogen (secondary N) is 2.